The van der Waals surface area contributed by atoms with Crippen LogP contribution in [-0.2, 0) is 20.7 Å². The first-order chi connectivity index (χ1) is 13.5. The summed E-state index contributed by atoms with van der Waals surface area (Å²) in [5.74, 6) is -0.0455. The first-order valence-corrected chi connectivity index (χ1v) is 9.21. The third-order valence-corrected chi connectivity index (χ3v) is 4.43. The second kappa shape index (κ2) is 8.80. The molecule has 1 heterocycles. The number of anilines is 1. The van der Waals surface area contributed by atoms with E-state index >= 15 is 0 Å². The summed E-state index contributed by atoms with van der Waals surface area (Å²) in [6.07, 6.45) is 2.74. The number of nitrogens with one attached hydrogen (secondary N) is 1. The molecule has 0 aliphatic carbocycles. The molecule has 0 radical (unpaired) electrons. The molecule has 6 nitrogen and oxygen atoms in total. The lowest BCUT2D eigenvalue weighted by atomic mass is 10.1. The zero-order valence-electron chi connectivity index (χ0n) is 15.5. The molecule has 1 N–H and O–H groups in total. The van der Waals surface area contributed by atoms with Crippen molar-refractivity contribution in [2.24, 2.45) is 0 Å². The van der Waals surface area contributed by atoms with Crippen molar-refractivity contribution in [3.05, 3.63) is 58.6 Å². The Labute approximate surface area is 168 Å². The number of fused-ring (bicyclic) bond motifs is 1. The molecular weight excluding hydrogens is 382 g/mol. The summed E-state index contributed by atoms with van der Waals surface area (Å²) in [7, 11) is 0. The van der Waals surface area contributed by atoms with Crippen LogP contribution >= 0.6 is 11.6 Å². The Kier molecular flexibility index (Phi) is 6.21. The van der Waals surface area contributed by atoms with E-state index in [0.29, 0.717) is 27.8 Å². The number of amides is 1. The lowest BCUT2D eigenvalue weighted by Crippen LogP contribution is -2.29. The van der Waals surface area contributed by atoms with Crippen molar-refractivity contribution >= 4 is 35.2 Å². The van der Waals surface area contributed by atoms with Gasteiger partial charge in [0.05, 0.1) is 5.02 Å². The summed E-state index contributed by atoms with van der Waals surface area (Å²) in [5.41, 5.74) is 2.47. The van der Waals surface area contributed by atoms with E-state index in [-0.39, 0.29) is 6.79 Å². The van der Waals surface area contributed by atoms with E-state index in [4.69, 9.17) is 25.8 Å². The number of hydrogen-bond donors (Lipinski definition) is 1. The number of carbonyl (C=O) groups excluding carboxylic acids is 2. The van der Waals surface area contributed by atoms with Crippen LogP contribution in [0.25, 0.3) is 6.08 Å². The van der Waals surface area contributed by atoms with Crippen molar-refractivity contribution in [2.75, 3.05) is 12.1 Å². The molecule has 0 unspecified atom stereocenters. The maximum absolute atomic E-state index is 12.2. The average Bonchev–Trinajstić information content (AvgIpc) is 3.16. The second-order valence-corrected chi connectivity index (χ2v) is 6.60. The van der Waals surface area contributed by atoms with Crippen molar-refractivity contribution < 1.29 is 23.8 Å². The third-order valence-electron chi connectivity index (χ3n) is 4.15. The molecule has 0 bridgehead atoms. The number of halogens is 1. The average molecular weight is 402 g/mol. The highest BCUT2D eigenvalue weighted by molar-refractivity contribution is 6.32. The molecule has 3 rings (SSSR count). The summed E-state index contributed by atoms with van der Waals surface area (Å²) >= 11 is 6.10. The minimum absolute atomic E-state index is 0.109. The van der Waals surface area contributed by atoms with E-state index in [0.717, 1.165) is 6.42 Å². The van der Waals surface area contributed by atoms with Crippen LogP contribution in [0.15, 0.2) is 42.5 Å². The first kappa shape index (κ1) is 19.8. The topological polar surface area (TPSA) is 73.9 Å². The van der Waals surface area contributed by atoms with Crippen LogP contribution in [0.4, 0.5) is 5.69 Å². The minimum atomic E-state index is -0.941. The van der Waals surface area contributed by atoms with E-state index in [1.54, 1.807) is 12.1 Å². The highest BCUT2D eigenvalue weighted by atomic mass is 35.5. The van der Waals surface area contributed by atoms with Crippen LogP contribution in [0.3, 0.4) is 0 Å². The predicted octanol–water partition coefficient (Wildman–Crippen LogP) is 4.21. The van der Waals surface area contributed by atoms with Crippen molar-refractivity contribution in [3.63, 3.8) is 0 Å². The Morgan fingerprint density at radius 2 is 2.00 bits per heavy atom. The summed E-state index contributed by atoms with van der Waals surface area (Å²) < 4.78 is 15.7. The maximum atomic E-state index is 12.2. The van der Waals surface area contributed by atoms with Crippen LogP contribution in [0, 0.1) is 0 Å². The van der Waals surface area contributed by atoms with Crippen LogP contribution in [0.5, 0.6) is 11.5 Å². The van der Waals surface area contributed by atoms with E-state index in [1.165, 1.54) is 24.6 Å². The quantitative estimate of drug-likeness (QED) is 0.579. The van der Waals surface area contributed by atoms with Gasteiger partial charge in [0.15, 0.2) is 17.6 Å². The molecule has 1 aliphatic rings. The van der Waals surface area contributed by atoms with Crippen LogP contribution < -0.4 is 14.8 Å². The van der Waals surface area contributed by atoms with Gasteiger partial charge in [0.25, 0.3) is 5.91 Å². The number of ether oxygens (including phenoxy) is 3. The van der Waals surface area contributed by atoms with Gasteiger partial charge in [0.1, 0.15) is 0 Å². The van der Waals surface area contributed by atoms with E-state index in [2.05, 4.69) is 12.2 Å². The largest absolute Gasteiger partial charge is 0.454 e. The molecule has 0 saturated carbocycles. The zero-order valence-corrected chi connectivity index (χ0v) is 16.3. The van der Waals surface area contributed by atoms with Gasteiger partial charge in [-0.2, -0.15) is 0 Å². The first-order valence-electron chi connectivity index (χ1n) is 8.84. The van der Waals surface area contributed by atoms with Crippen LogP contribution in [0.1, 0.15) is 25.0 Å². The molecule has 2 aromatic carbocycles. The number of aryl methyl sites for hydroxylation is 1. The molecule has 0 fully saturated rings. The Balaban J connectivity index is 1.55. The molecule has 28 heavy (non-hydrogen) atoms. The normalized spacial score (nSPS) is 13.4. The van der Waals surface area contributed by atoms with Gasteiger partial charge in [0.2, 0.25) is 6.79 Å². The minimum Gasteiger partial charge on any atom is -0.454 e. The van der Waals surface area contributed by atoms with E-state index in [9.17, 15) is 9.59 Å². The number of hydrogen-bond acceptors (Lipinski definition) is 5. The lowest BCUT2D eigenvalue weighted by Gasteiger charge is -2.12. The van der Waals surface area contributed by atoms with Crippen molar-refractivity contribution in [1.29, 1.82) is 0 Å². The van der Waals surface area contributed by atoms with E-state index in [1.807, 2.05) is 24.3 Å². The molecule has 0 aromatic heterocycles. The molecule has 0 spiro atoms. The Morgan fingerprint density at radius 3 is 2.71 bits per heavy atom. The van der Waals surface area contributed by atoms with E-state index < -0.39 is 18.0 Å². The highest BCUT2D eigenvalue weighted by Gasteiger charge is 2.19. The fraction of sp³-hybridized carbons (Fsp3) is 0.238. The van der Waals surface area contributed by atoms with Gasteiger partial charge < -0.3 is 19.5 Å². The standard InChI is InChI=1S/C21H20ClNO5/c1-3-14-4-7-16(8-5-14)23-21(25)13(2)28-19(24)9-6-15-10-17(22)20-18(11-15)26-12-27-20/h4-11,13H,3,12H2,1-2H3,(H,23,25)/b9-6-/t13-/m0/s1. The van der Waals surface area contributed by atoms with Gasteiger partial charge in [0, 0.05) is 11.8 Å². The summed E-state index contributed by atoms with van der Waals surface area (Å²) in [4.78, 5) is 24.2. The molecule has 1 amide bonds. The number of esters is 1. The summed E-state index contributed by atoms with van der Waals surface area (Å²) in [6, 6.07) is 10.9. The van der Waals surface area contributed by atoms with Gasteiger partial charge in [-0.05, 0) is 54.8 Å². The molecule has 1 aliphatic heterocycles. The molecule has 0 saturated heterocycles. The predicted molar refractivity (Wildman–Crippen MR) is 107 cm³/mol. The van der Waals surface area contributed by atoms with Gasteiger partial charge in [-0.25, -0.2) is 4.79 Å². The number of carbonyl (C=O) groups is 2. The van der Waals surface area contributed by atoms with Crippen molar-refractivity contribution in [1.82, 2.24) is 0 Å². The third kappa shape index (κ3) is 4.84. The van der Waals surface area contributed by atoms with Gasteiger partial charge in [-0.1, -0.05) is 30.7 Å². The van der Waals surface area contributed by atoms with Crippen LogP contribution in [-0.4, -0.2) is 24.8 Å². The SMILES string of the molecule is CCc1ccc(NC(=O)[C@H](C)OC(=O)/C=C\c2cc(Cl)c3c(c2)OCO3)cc1. The summed E-state index contributed by atoms with van der Waals surface area (Å²) in [5, 5.41) is 3.11. The highest BCUT2D eigenvalue weighted by Crippen LogP contribution is 2.40. The second-order valence-electron chi connectivity index (χ2n) is 6.19. The fourth-order valence-electron chi connectivity index (χ4n) is 2.58. The monoisotopic (exact) mass is 401 g/mol. The zero-order chi connectivity index (χ0) is 20.1. The Morgan fingerprint density at radius 1 is 1.25 bits per heavy atom. The molecule has 7 heteroatoms. The Hall–Kier alpha value is -2.99. The van der Waals surface area contributed by atoms with Gasteiger partial charge in [-0.15, -0.1) is 0 Å². The molecule has 146 valence electrons. The Bertz CT molecular complexity index is 908. The molecule has 1 atom stereocenters. The number of benzene rings is 2. The molecule has 2 aromatic rings. The van der Waals surface area contributed by atoms with Crippen LogP contribution in [0.2, 0.25) is 5.02 Å². The summed E-state index contributed by atoms with van der Waals surface area (Å²) in [6.45, 7) is 3.68. The number of rotatable bonds is 6. The fourth-order valence-corrected chi connectivity index (χ4v) is 2.86. The van der Waals surface area contributed by atoms with Crippen molar-refractivity contribution in [3.8, 4) is 11.5 Å². The maximum Gasteiger partial charge on any atom is 0.331 e. The molecular formula is C21H20ClNO5. The smallest absolute Gasteiger partial charge is 0.331 e. The van der Waals surface area contributed by atoms with Crippen molar-refractivity contribution in [2.45, 2.75) is 26.4 Å². The lowest BCUT2D eigenvalue weighted by molar-refractivity contribution is -0.148. The van der Waals surface area contributed by atoms with Gasteiger partial charge in [-0.3, -0.25) is 4.79 Å². The van der Waals surface area contributed by atoms with Gasteiger partial charge >= 0.3 is 5.97 Å².